The minimum Gasteiger partial charge on any atom is -0.462 e. The summed E-state index contributed by atoms with van der Waals surface area (Å²) in [5.41, 5.74) is 5.22. The van der Waals surface area contributed by atoms with E-state index in [1.165, 1.54) is 6.92 Å². The van der Waals surface area contributed by atoms with E-state index in [2.05, 4.69) is 17.2 Å². The molecule has 0 radical (unpaired) electrons. The van der Waals surface area contributed by atoms with Crippen molar-refractivity contribution in [2.24, 2.45) is 5.73 Å². The molecule has 0 atom stereocenters. The largest absolute Gasteiger partial charge is 0.462 e. The second-order valence-corrected chi connectivity index (χ2v) is 4.35. The van der Waals surface area contributed by atoms with Gasteiger partial charge in [-0.25, -0.2) is 4.79 Å². The lowest BCUT2D eigenvalue weighted by Crippen LogP contribution is -2.29. The van der Waals surface area contributed by atoms with Gasteiger partial charge < -0.3 is 25.5 Å². The SMILES string of the molecule is C=CCNC(=S)Nc1oc(C)c(C(=O)OCC)c1C(N)=O. The van der Waals surface area contributed by atoms with Gasteiger partial charge in [-0.2, -0.15) is 0 Å². The van der Waals surface area contributed by atoms with Gasteiger partial charge in [0.25, 0.3) is 5.91 Å². The van der Waals surface area contributed by atoms with E-state index < -0.39 is 11.9 Å². The normalized spacial score (nSPS) is 9.81. The van der Waals surface area contributed by atoms with Crippen LogP contribution in [0.1, 0.15) is 33.4 Å². The van der Waals surface area contributed by atoms with Gasteiger partial charge in [-0.05, 0) is 26.1 Å². The first-order chi connectivity index (χ1) is 9.92. The minimum atomic E-state index is -0.816. The smallest absolute Gasteiger partial charge is 0.342 e. The summed E-state index contributed by atoms with van der Waals surface area (Å²) >= 11 is 5.02. The fraction of sp³-hybridized carbons (Fsp3) is 0.308. The molecule has 0 fully saturated rings. The molecule has 4 N–H and O–H groups in total. The number of primary amides is 1. The number of hydrogen-bond acceptors (Lipinski definition) is 5. The number of aryl methyl sites for hydroxylation is 1. The summed E-state index contributed by atoms with van der Waals surface area (Å²) in [6, 6.07) is 0. The van der Waals surface area contributed by atoms with Crippen molar-refractivity contribution in [3.63, 3.8) is 0 Å². The number of ether oxygens (including phenoxy) is 1. The van der Waals surface area contributed by atoms with Crippen molar-refractivity contribution in [1.29, 1.82) is 0 Å². The van der Waals surface area contributed by atoms with E-state index in [-0.39, 0.29) is 34.5 Å². The Balaban J connectivity index is 3.13. The van der Waals surface area contributed by atoms with E-state index >= 15 is 0 Å². The summed E-state index contributed by atoms with van der Waals surface area (Å²) in [6.45, 7) is 7.33. The highest BCUT2D eigenvalue weighted by molar-refractivity contribution is 7.80. The third kappa shape index (κ3) is 4.06. The molecular weight excluding hydrogens is 294 g/mol. The quantitative estimate of drug-likeness (QED) is 0.413. The van der Waals surface area contributed by atoms with Crippen LogP contribution < -0.4 is 16.4 Å². The molecule has 21 heavy (non-hydrogen) atoms. The van der Waals surface area contributed by atoms with E-state index in [4.69, 9.17) is 27.1 Å². The van der Waals surface area contributed by atoms with E-state index in [0.717, 1.165) is 0 Å². The second kappa shape index (κ2) is 7.44. The number of anilines is 1. The first-order valence-corrected chi connectivity index (χ1v) is 6.59. The van der Waals surface area contributed by atoms with Crippen molar-refractivity contribution >= 4 is 35.1 Å². The summed E-state index contributed by atoms with van der Waals surface area (Å²) in [6.07, 6.45) is 1.61. The number of rotatable bonds is 6. The average molecular weight is 311 g/mol. The van der Waals surface area contributed by atoms with Crippen molar-refractivity contribution in [3.8, 4) is 0 Å². The van der Waals surface area contributed by atoms with E-state index in [9.17, 15) is 9.59 Å². The Hall–Kier alpha value is -2.35. The summed E-state index contributed by atoms with van der Waals surface area (Å²) in [4.78, 5) is 23.5. The number of amides is 1. The fourth-order valence-electron chi connectivity index (χ4n) is 1.63. The first kappa shape index (κ1) is 16.7. The molecule has 114 valence electrons. The molecule has 7 nitrogen and oxygen atoms in total. The van der Waals surface area contributed by atoms with Gasteiger partial charge >= 0.3 is 5.97 Å². The lowest BCUT2D eigenvalue weighted by molar-refractivity contribution is 0.0521. The Morgan fingerprint density at radius 3 is 2.67 bits per heavy atom. The summed E-state index contributed by atoms with van der Waals surface area (Å²) in [5.74, 6) is -1.27. The van der Waals surface area contributed by atoms with Crippen LogP contribution >= 0.6 is 12.2 Å². The Labute approximate surface area is 127 Å². The molecule has 0 saturated carbocycles. The van der Waals surface area contributed by atoms with Crippen molar-refractivity contribution in [3.05, 3.63) is 29.5 Å². The molecule has 0 unspecified atom stereocenters. The highest BCUT2D eigenvalue weighted by Gasteiger charge is 2.28. The van der Waals surface area contributed by atoms with Crippen molar-refractivity contribution in [1.82, 2.24) is 5.32 Å². The van der Waals surface area contributed by atoms with Crippen LogP contribution in [-0.4, -0.2) is 30.1 Å². The number of hydrogen-bond donors (Lipinski definition) is 3. The monoisotopic (exact) mass is 311 g/mol. The van der Waals surface area contributed by atoms with Gasteiger partial charge in [-0.3, -0.25) is 4.79 Å². The molecule has 0 aliphatic heterocycles. The summed E-state index contributed by atoms with van der Waals surface area (Å²) < 4.78 is 10.2. The molecule has 1 heterocycles. The maximum atomic E-state index is 11.9. The maximum absolute atomic E-state index is 11.9. The Kier molecular flexibility index (Phi) is 5.92. The van der Waals surface area contributed by atoms with Crippen molar-refractivity contribution in [2.75, 3.05) is 18.5 Å². The average Bonchev–Trinajstić information content (AvgIpc) is 2.73. The predicted molar refractivity (Wildman–Crippen MR) is 82.3 cm³/mol. The third-order valence-electron chi connectivity index (χ3n) is 2.44. The number of carbonyl (C=O) groups excluding carboxylic acids is 2. The highest BCUT2D eigenvalue weighted by Crippen LogP contribution is 2.27. The zero-order chi connectivity index (χ0) is 16.0. The Morgan fingerprint density at radius 2 is 2.14 bits per heavy atom. The third-order valence-corrected chi connectivity index (χ3v) is 2.69. The van der Waals surface area contributed by atoms with Gasteiger partial charge in [0, 0.05) is 6.54 Å². The first-order valence-electron chi connectivity index (χ1n) is 6.18. The molecule has 0 aliphatic carbocycles. The molecular formula is C13H17N3O4S. The molecule has 1 rings (SSSR count). The second-order valence-electron chi connectivity index (χ2n) is 3.95. The molecule has 1 aromatic rings. The van der Waals surface area contributed by atoms with Crippen molar-refractivity contribution < 1.29 is 18.7 Å². The molecule has 1 amide bonds. The number of carbonyl (C=O) groups is 2. The zero-order valence-corrected chi connectivity index (χ0v) is 12.6. The van der Waals surface area contributed by atoms with Gasteiger partial charge in [-0.1, -0.05) is 6.08 Å². The van der Waals surface area contributed by atoms with E-state index in [1.807, 2.05) is 0 Å². The summed E-state index contributed by atoms with van der Waals surface area (Å²) in [7, 11) is 0. The van der Waals surface area contributed by atoms with Crippen LogP contribution in [-0.2, 0) is 4.74 Å². The number of esters is 1. The Morgan fingerprint density at radius 1 is 1.48 bits per heavy atom. The van der Waals surface area contributed by atoms with Crippen LogP contribution in [0.4, 0.5) is 5.88 Å². The Bertz CT molecular complexity index is 580. The molecule has 0 aliphatic rings. The minimum absolute atomic E-state index is 0.00151. The highest BCUT2D eigenvalue weighted by atomic mass is 32.1. The van der Waals surface area contributed by atoms with Crippen LogP contribution in [0.2, 0.25) is 0 Å². The fourth-order valence-corrected chi connectivity index (χ4v) is 1.81. The van der Waals surface area contributed by atoms with Crippen LogP contribution in [0.3, 0.4) is 0 Å². The van der Waals surface area contributed by atoms with Crippen molar-refractivity contribution in [2.45, 2.75) is 13.8 Å². The zero-order valence-electron chi connectivity index (χ0n) is 11.8. The van der Waals surface area contributed by atoms with Crippen LogP contribution in [0, 0.1) is 6.92 Å². The standard InChI is InChI=1S/C13H17N3O4S/c1-4-6-15-13(21)16-11-9(10(14)17)8(7(3)20-11)12(18)19-5-2/h4H,1,5-6H2,2-3H3,(H2,14,17)(H2,15,16,21). The van der Waals surface area contributed by atoms with Gasteiger partial charge in [0.1, 0.15) is 16.9 Å². The van der Waals surface area contributed by atoms with Gasteiger partial charge in [0.05, 0.1) is 6.61 Å². The van der Waals surface area contributed by atoms with Gasteiger partial charge in [0.2, 0.25) is 5.88 Å². The molecule has 0 saturated heterocycles. The topological polar surface area (TPSA) is 107 Å². The number of furan rings is 1. The van der Waals surface area contributed by atoms with E-state index in [0.29, 0.717) is 6.54 Å². The predicted octanol–water partition coefficient (Wildman–Crippen LogP) is 1.34. The van der Waals surface area contributed by atoms with Crippen LogP contribution in [0.5, 0.6) is 0 Å². The number of nitrogens with one attached hydrogen (secondary N) is 2. The van der Waals surface area contributed by atoms with Gasteiger partial charge in [0.15, 0.2) is 5.11 Å². The molecule has 0 spiro atoms. The number of thiocarbonyl (C=S) groups is 1. The maximum Gasteiger partial charge on any atom is 0.342 e. The van der Waals surface area contributed by atoms with E-state index in [1.54, 1.807) is 13.0 Å². The molecule has 8 heteroatoms. The molecule has 0 aromatic carbocycles. The molecule has 1 aromatic heterocycles. The number of nitrogens with two attached hydrogens (primary N) is 1. The van der Waals surface area contributed by atoms with Crippen LogP contribution in [0.15, 0.2) is 17.1 Å². The lowest BCUT2D eigenvalue weighted by atomic mass is 10.1. The van der Waals surface area contributed by atoms with Gasteiger partial charge in [-0.15, -0.1) is 6.58 Å². The lowest BCUT2D eigenvalue weighted by Gasteiger charge is -2.07. The molecule has 0 bridgehead atoms. The van der Waals surface area contributed by atoms with Crippen LogP contribution in [0.25, 0.3) is 0 Å². The summed E-state index contributed by atoms with van der Waals surface area (Å²) in [5, 5.41) is 5.70.